The van der Waals surface area contributed by atoms with Crippen molar-refractivity contribution in [3.8, 4) is 0 Å². The van der Waals surface area contributed by atoms with Gasteiger partial charge in [0.1, 0.15) is 0 Å². The molecule has 0 spiro atoms. The zero-order valence-electron chi connectivity index (χ0n) is 11.3. The van der Waals surface area contributed by atoms with Crippen LogP contribution in [0.4, 0.5) is 0 Å². The first-order chi connectivity index (χ1) is 8.99. The van der Waals surface area contributed by atoms with Crippen molar-refractivity contribution in [1.82, 2.24) is 4.90 Å². The SMILES string of the molecule is CC(C)N(CCC(=O)O)C(=O)c1cc2c(s1)CCC2. The van der Waals surface area contributed by atoms with Gasteiger partial charge in [-0.1, -0.05) is 0 Å². The molecule has 1 aromatic rings. The number of aliphatic carboxylic acids is 1. The third-order valence-corrected chi connectivity index (χ3v) is 4.63. The average molecular weight is 281 g/mol. The molecule has 1 heterocycles. The monoisotopic (exact) mass is 281 g/mol. The Balaban J connectivity index is 2.11. The highest BCUT2D eigenvalue weighted by Gasteiger charge is 2.24. The number of hydrogen-bond acceptors (Lipinski definition) is 3. The first-order valence-electron chi connectivity index (χ1n) is 6.63. The van der Waals surface area contributed by atoms with Gasteiger partial charge in [0.25, 0.3) is 5.91 Å². The van der Waals surface area contributed by atoms with E-state index >= 15 is 0 Å². The summed E-state index contributed by atoms with van der Waals surface area (Å²) in [4.78, 5) is 26.8. The molecule has 0 saturated heterocycles. The molecule has 0 radical (unpaired) electrons. The number of fused-ring (bicyclic) bond motifs is 1. The molecule has 1 aliphatic rings. The summed E-state index contributed by atoms with van der Waals surface area (Å²) in [5, 5.41) is 8.76. The van der Waals surface area contributed by atoms with Crippen LogP contribution in [-0.2, 0) is 17.6 Å². The van der Waals surface area contributed by atoms with Crippen LogP contribution in [0, 0.1) is 0 Å². The molecule has 1 N–H and O–H groups in total. The summed E-state index contributed by atoms with van der Waals surface area (Å²) >= 11 is 1.57. The van der Waals surface area contributed by atoms with E-state index in [1.54, 1.807) is 16.2 Å². The van der Waals surface area contributed by atoms with Gasteiger partial charge in [-0.3, -0.25) is 9.59 Å². The van der Waals surface area contributed by atoms with E-state index in [0.29, 0.717) is 0 Å². The molecule has 0 fully saturated rings. The molecule has 104 valence electrons. The summed E-state index contributed by atoms with van der Waals surface area (Å²) in [6.07, 6.45) is 3.32. The lowest BCUT2D eigenvalue weighted by Crippen LogP contribution is -2.38. The number of aryl methyl sites for hydroxylation is 2. The van der Waals surface area contributed by atoms with Gasteiger partial charge in [0, 0.05) is 17.5 Å². The molecule has 19 heavy (non-hydrogen) atoms. The largest absolute Gasteiger partial charge is 0.481 e. The van der Waals surface area contributed by atoms with Crippen LogP contribution >= 0.6 is 11.3 Å². The van der Waals surface area contributed by atoms with Crippen molar-refractivity contribution < 1.29 is 14.7 Å². The van der Waals surface area contributed by atoms with Gasteiger partial charge in [0.2, 0.25) is 0 Å². The van der Waals surface area contributed by atoms with Gasteiger partial charge >= 0.3 is 5.97 Å². The number of nitrogens with zero attached hydrogens (tertiary/aromatic N) is 1. The Morgan fingerprint density at radius 2 is 2.16 bits per heavy atom. The van der Waals surface area contributed by atoms with Crippen LogP contribution in [0.1, 0.15) is 46.8 Å². The number of amides is 1. The zero-order chi connectivity index (χ0) is 14.0. The molecular weight excluding hydrogens is 262 g/mol. The standard InChI is InChI=1S/C14H19NO3S/c1-9(2)15(7-6-13(16)17)14(18)12-8-10-4-3-5-11(10)19-12/h8-9H,3-7H2,1-2H3,(H,16,17). The van der Waals surface area contributed by atoms with Gasteiger partial charge < -0.3 is 10.0 Å². The van der Waals surface area contributed by atoms with Crippen molar-refractivity contribution in [3.63, 3.8) is 0 Å². The van der Waals surface area contributed by atoms with E-state index < -0.39 is 5.97 Å². The quantitative estimate of drug-likeness (QED) is 0.902. The normalized spacial score (nSPS) is 13.6. The van der Waals surface area contributed by atoms with E-state index in [0.717, 1.165) is 17.7 Å². The first-order valence-corrected chi connectivity index (χ1v) is 7.45. The van der Waals surface area contributed by atoms with Gasteiger partial charge in [-0.2, -0.15) is 0 Å². The highest BCUT2D eigenvalue weighted by Crippen LogP contribution is 2.31. The number of rotatable bonds is 5. The maximum atomic E-state index is 12.4. The molecule has 4 nitrogen and oxygen atoms in total. The summed E-state index contributed by atoms with van der Waals surface area (Å²) in [6.45, 7) is 4.11. The Morgan fingerprint density at radius 1 is 1.42 bits per heavy atom. The molecular formula is C14H19NO3S. The first kappa shape index (κ1) is 14.1. The van der Waals surface area contributed by atoms with Crippen LogP contribution in [0.2, 0.25) is 0 Å². The maximum absolute atomic E-state index is 12.4. The fraction of sp³-hybridized carbons (Fsp3) is 0.571. The van der Waals surface area contributed by atoms with Gasteiger partial charge in [-0.15, -0.1) is 11.3 Å². The van der Waals surface area contributed by atoms with Crippen molar-refractivity contribution in [2.45, 2.75) is 45.6 Å². The maximum Gasteiger partial charge on any atom is 0.305 e. The van der Waals surface area contributed by atoms with Gasteiger partial charge in [-0.25, -0.2) is 0 Å². The van der Waals surface area contributed by atoms with E-state index in [2.05, 4.69) is 0 Å². The van der Waals surface area contributed by atoms with Gasteiger partial charge in [-0.05, 0) is 44.7 Å². The van der Waals surface area contributed by atoms with E-state index in [1.165, 1.54) is 16.9 Å². The number of carboxylic acids is 1. The van der Waals surface area contributed by atoms with E-state index in [1.807, 2.05) is 19.9 Å². The van der Waals surface area contributed by atoms with Crippen LogP contribution in [-0.4, -0.2) is 34.5 Å². The predicted octanol–water partition coefficient (Wildman–Crippen LogP) is 2.56. The lowest BCUT2D eigenvalue weighted by atomic mass is 10.2. The number of thiophene rings is 1. The highest BCUT2D eigenvalue weighted by atomic mass is 32.1. The fourth-order valence-corrected chi connectivity index (χ4v) is 3.60. The molecule has 1 amide bonds. The minimum Gasteiger partial charge on any atom is -0.481 e. The number of carboxylic acid groups (broad SMARTS) is 1. The second-order valence-electron chi connectivity index (χ2n) is 5.15. The molecule has 0 atom stereocenters. The minimum absolute atomic E-state index is 0.00495. The van der Waals surface area contributed by atoms with E-state index in [9.17, 15) is 9.59 Å². The van der Waals surface area contributed by atoms with Crippen molar-refractivity contribution in [2.24, 2.45) is 0 Å². The topological polar surface area (TPSA) is 57.6 Å². The van der Waals surface area contributed by atoms with Crippen molar-refractivity contribution in [2.75, 3.05) is 6.54 Å². The Hall–Kier alpha value is -1.36. The van der Waals surface area contributed by atoms with Crippen molar-refractivity contribution in [1.29, 1.82) is 0 Å². The summed E-state index contributed by atoms with van der Waals surface area (Å²) in [5.41, 5.74) is 1.30. The van der Waals surface area contributed by atoms with Crippen LogP contribution in [0.25, 0.3) is 0 Å². The van der Waals surface area contributed by atoms with Gasteiger partial charge in [0.15, 0.2) is 0 Å². The Bertz CT molecular complexity index is 471. The van der Waals surface area contributed by atoms with Gasteiger partial charge in [0.05, 0.1) is 11.3 Å². The summed E-state index contributed by atoms with van der Waals surface area (Å²) in [6, 6.07) is 2.01. The molecule has 5 heteroatoms. The van der Waals surface area contributed by atoms with E-state index in [4.69, 9.17) is 5.11 Å². The molecule has 2 rings (SSSR count). The van der Waals surface area contributed by atoms with Crippen LogP contribution in [0.15, 0.2) is 6.07 Å². The van der Waals surface area contributed by atoms with Crippen LogP contribution < -0.4 is 0 Å². The number of carbonyl (C=O) groups excluding carboxylic acids is 1. The Kier molecular flexibility index (Phi) is 4.24. The summed E-state index contributed by atoms with van der Waals surface area (Å²) in [7, 11) is 0. The lowest BCUT2D eigenvalue weighted by Gasteiger charge is -2.25. The molecule has 1 aromatic heterocycles. The zero-order valence-corrected chi connectivity index (χ0v) is 12.1. The molecule has 0 aromatic carbocycles. The average Bonchev–Trinajstić information content (AvgIpc) is 2.87. The summed E-state index contributed by atoms with van der Waals surface area (Å²) in [5.74, 6) is -0.900. The smallest absolute Gasteiger partial charge is 0.305 e. The van der Waals surface area contributed by atoms with Crippen molar-refractivity contribution >= 4 is 23.2 Å². The lowest BCUT2D eigenvalue weighted by molar-refractivity contribution is -0.137. The van der Waals surface area contributed by atoms with Crippen molar-refractivity contribution in [3.05, 3.63) is 21.4 Å². The van der Waals surface area contributed by atoms with Crippen LogP contribution in [0.5, 0.6) is 0 Å². The third kappa shape index (κ3) is 3.15. The van der Waals surface area contributed by atoms with E-state index in [-0.39, 0.29) is 24.9 Å². The summed E-state index contributed by atoms with van der Waals surface area (Å²) < 4.78 is 0. The second-order valence-corrected chi connectivity index (χ2v) is 6.29. The molecule has 0 aliphatic heterocycles. The fourth-order valence-electron chi connectivity index (χ4n) is 2.39. The molecule has 0 saturated carbocycles. The number of hydrogen-bond donors (Lipinski definition) is 1. The molecule has 0 unspecified atom stereocenters. The predicted molar refractivity (Wildman–Crippen MR) is 74.8 cm³/mol. The van der Waals surface area contributed by atoms with Crippen LogP contribution in [0.3, 0.4) is 0 Å². The number of carbonyl (C=O) groups is 2. The Labute approximate surface area is 117 Å². The third-order valence-electron chi connectivity index (χ3n) is 3.41. The minimum atomic E-state index is -0.868. The molecule has 1 aliphatic carbocycles. The molecule has 0 bridgehead atoms. The highest BCUT2D eigenvalue weighted by molar-refractivity contribution is 7.14. The second kappa shape index (κ2) is 5.74. The Morgan fingerprint density at radius 3 is 2.74 bits per heavy atom.